The summed E-state index contributed by atoms with van der Waals surface area (Å²) < 4.78 is 32.9. The molecule has 1 fully saturated rings. The molecule has 0 saturated carbocycles. The number of nitrogens with zero attached hydrogens (tertiary/aromatic N) is 3. The first-order chi connectivity index (χ1) is 14.9. The van der Waals surface area contributed by atoms with Crippen molar-refractivity contribution in [2.75, 3.05) is 39.3 Å². The monoisotopic (exact) mass is 429 g/mol. The number of hydrogen-bond donors (Lipinski definition) is 0. The molecule has 164 valence electrons. The number of rotatable bonds is 3. The molecule has 4 rings (SSSR count). The van der Waals surface area contributed by atoms with Crippen molar-refractivity contribution >= 4 is 11.8 Å². The van der Waals surface area contributed by atoms with E-state index in [1.807, 2.05) is 23.1 Å². The smallest absolute Gasteiger partial charge is 0.254 e. The van der Waals surface area contributed by atoms with Gasteiger partial charge in [-0.25, -0.2) is 8.78 Å². The molecule has 6 nitrogen and oxygen atoms in total. The summed E-state index contributed by atoms with van der Waals surface area (Å²) >= 11 is 0. The highest BCUT2D eigenvalue weighted by molar-refractivity contribution is 5.94. The Balaban J connectivity index is 1.47. The summed E-state index contributed by atoms with van der Waals surface area (Å²) in [6, 6.07) is 8.79. The molecule has 2 aliphatic rings. The second-order valence-corrected chi connectivity index (χ2v) is 7.96. The number of ether oxygens (including phenoxy) is 1. The van der Waals surface area contributed by atoms with Crippen LogP contribution in [0.2, 0.25) is 0 Å². The van der Waals surface area contributed by atoms with Crippen molar-refractivity contribution in [1.82, 2.24) is 14.7 Å². The van der Waals surface area contributed by atoms with Crippen molar-refractivity contribution in [3.8, 4) is 5.75 Å². The first-order valence-corrected chi connectivity index (χ1v) is 10.4. The minimum atomic E-state index is -0.776. The highest BCUT2D eigenvalue weighted by Gasteiger charge is 2.23. The normalized spacial score (nSPS) is 17.0. The van der Waals surface area contributed by atoms with E-state index < -0.39 is 17.5 Å². The number of benzene rings is 2. The van der Waals surface area contributed by atoms with E-state index in [4.69, 9.17) is 4.74 Å². The largest absolute Gasteiger partial charge is 0.491 e. The molecule has 31 heavy (non-hydrogen) atoms. The first-order valence-electron chi connectivity index (χ1n) is 10.4. The molecule has 2 amide bonds. The molecule has 0 spiro atoms. The Morgan fingerprint density at radius 3 is 2.32 bits per heavy atom. The van der Waals surface area contributed by atoms with Crippen LogP contribution in [0.3, 0.4) is 0 Å². The van der Waals surface area contributed by atoms with Crippen LogP contribution in [-0.4, -0.2) is 65.8 Å². The molecule has 0 aromatic heterocycles. The third-order valence-electron chi connectivity index (χ3n) is 5.73. The van der Waals surface area contributed by atoms with E-state index in [1.165, 1.54) is 0 Å². The average Bonchev–Trinajstić information content (AvgIpc) is 2.95. The summed E-state index contributed by atoms with van der Waals surface area (Å²) in [6.07, 6.45) is 0. The number of fused-ring (bicyclic) bond motifs is 1. The van der Waals surface area contributed by atoms with Crippen LogP contribution in [0.1, 0.15) is 28.4 Å². The highest BCUT2D eigenvalue weighted by atomic mass is 19.1. The van der Waals surface area contributed by atoms with Gasteiger partial charge in [0.1, 0.15) is 24.0 Å². The predicted octanol–water partition coefficient (Wildman–Crippen LogP) is 2.66. The Morgan fingerprint density at radius 2 is 1.65 bits per heavy atom. The van der Waals surface area contributed by atoms with Gasteiger partial charge in [0.05, 0.1) is 6.54 Å². The van der Waals surface area contributed by atoms with Gasteiger partial charge in [0.15, 0.2) is 0 Å². The van der Waals surface area contributed by atoms with Gasteiger partial charge in [-0.2, -0.15) is 0 Å². The molecule has 0 unspecified atom stereocenters. The quantitative estimate of drug-likeness (QED) is 0.753. The van der Waals surface area contributed by atoms with E-state index in [0.717, 1.165) is 62.0 Å². The Morgan fingerprint density at radius 1 is 0.935 bits per heavy atom. The van der Waals surface area contributed by atoms with Crippen LogP contribution in [0.4, 0.5) is 8.78 Å². The van der Waals surface area contributed by atoms with Crippen LogP contribution in [-0.2, 0) is 17.9 Å². The zero-order valence-electron chi connectivity index (χ0n) is 17.4. The van der Waals surface area contributed by atoms with Gasteiger partial charge < -0.3 is 14.5 Å². The molecule has 1 saturated heterocycles. The Kier molecular flexibility index (Phi) is 6.18. The number of hydrogen-bond acceptors (Lipinski definition) is 4. The van der Waals surface area contributed by atoms with Gasteiger partial charge in [0.25, 0.3) is 5.91 Å². The van der Waals surface area contributed by atoms with Gasteiger partial charge in [0.2, 0.25) is 5.91 Å². The van der Waals surface area contributed by atoms with Gasteiger partial charge >= 0.3 is 0 Å². The lowest BCUT2D eigenvalue weighted by Crippen LogP contribution is -2.47. The summed E-state index contributed by atoms with van der Waals surface area (Å²) in [5.74, 6) is -1.17. The van der Waals surface area contributed by atoms with Gasteiger partial charge in [-0.3, -0.25) is 14.5 Å². The fraction of sp³-hybridized carbons (Fsp3) is 0.391. The molecule has 8 heteroatoms. The summed E-state index contributed by atoms with van der Waals surface area (Å²) in [5.41, 5.74) is 1.94. The van der Waals surface area contributed by atoms with Crippen molar-refractivity contribution in [3.05, 3.63) is 64.7 Å². The van der Waals surface area contributed by atoms with Crippen molar-refractivity contribution in [3.63, 3.8) is 0 Å². The average molecular weight is 429 g/mol. The number of halogens is 2. The number of amides is 2. The predicted molar refractivity (Wildman–Crippen MR) is 111 cm³/mol. The Bertz CT molecular complexity index is 970. The Hall–Kier alpha value is -3.00. The van der Waals surface area contributed by atoms with Gasteiger partial charge in [-0.05, 0) is 29.8 Å². The highest BCUT2D eigenvalue weighted by Crippen LogP contribution is 2.26. The van der Waals surface area contributed by atoms with Crippen molar-refractivity contribution in [2.45, 2.75) is 20.0 Å². The van der Waals surface area contributed by atoms with Crippen LogP contribution in [0.5, 0.6) is 5.75 Å². The van der Waals surface area contributed by atoms with E-state index in [1.54, 1.807) is 11.8 Å². The molecule has 0 radical (unpaired) electrons. The second kappa shape index (κ2) is 9.01. The Labute approximate surface area is 180 Å². The van der Waals surface area contributed by atoms with E-state index in [2.05, 4.69) is 4.90 Å². The van der Waals surface area contributed by atoms with Crippen LogP contribution in [0, 0.1) is 11.6 Å². The molecule has 0 aliphatic carbocycles. The minimum Gasteiger partial charge on any atom is -0.491 e. The lowest BCUT2D eigenvalue weighted by molar-refractivity contribution is -0.130. The SMILES string of the molecule is CC(=O)N1CCN(Cc2ccc3c(c2)CN(C(=O)c2cc(F)cc(F)c2)CCO3)CC1. The summed E-state index contributed by atoms with van der Waals surface area (Å²) in [7, 11) is 0. The lowest BCUT2D eigenvalue weighted by atomic mass is 10.1. The molecule has 0 atom stereocenters. The van der Waals surface area contributed by atoms with Crippen LogP contribution in [0.25, 0.3) is 0 Å². The van der Waals surface area contributed by atoms with Crippen LogP contribution < -0.4 is 4.74 Å². The van der Waals surface area contributed by atoms with Crippen LogP contribution in [0.15, 0.2) is 36.4 Å². The fourth-order valence-electron chi connectivity index (χ4n) is 4.06. The zero-order chi connectivity index (χ0) is 22.0. The zero-order valence-corrected chi connectivity index (χ0v) is 17.4. The third-order valence-corrected chi connectivity index (χ3v) is 5.73. The van der Waals surface area contributed by atoms with Crippen LogP contribution >= 0.6 is 0 Å². The summed E-state index contributed by atoms with van der Waals surface area (Å²) in [6.45, 7) is 6.32. The van der Waals surface area contributed by atoms with Crippen molar-refractivity contribution < 1.29 is 23.1 Å². The van der Waals surface area contributed by atoms with Crippen molar-refractivity contribution in [2.24, 2.45) is 0 Å². The summed E-state index contributed by atoms with van der Waals surface area (Å²) in [5, 5.41) is 0. The molecular formula is C23H25F2N3O3. The fourth-order valence-corrected chi connectivity index (χ4v) is 4.06. The van der Waals surface area contributed by atoms with Gasteiger partial charge in [0, 0.05) is 63.4 Å². The van der Waals surface area contributed by atoms with Gasteiger partial charge in [-0.1, -0.05) is 6.07 Å². The van der Waals surface area contributed by atoms with Gasteiger partial charge in [-0.15, -0.1) is 0 Å². The van der Waals surface area contributed by atoms with E-state index >= 15 is 0 Å². The number of carbonyl (C=O) groups is 2. The van der Waals surface area contributed by atoms with E-state index in [-0.39, 0.29) is 11.5 Å². The molecule has 0 bridgehead atoms. The van der Waals surface area contributed by atoms with E-state index in [9.17, 15) is 18.4 Å². The standard InChI is InChI=1S/C23H25F2N3O3/c1-16(29)27-6-4-26(5-7-27)14-17-2-3-22-19(10-17)15-28(8-9-31-22)23(30)18-11-20(24)13-21(25)12-18/h2-3,10-13H,4-9,14-15H2,1H3. The second-order valence-electron chi connectivity index (χ2n) is 7.96. The minimum absolute atomic E-state index is 0.0135. The molecule has 0 N–H and O–H groups in total. The number of carbonyl (C=O) groups excluding carboxylic acids is 2. The number of piperazine rings is 1. The molecular weight excluding hydrogens is 404 g/mol. The first kappa shape index (κ1) is 21.2. The van der Waals surface area contributed by atoms with E-state index in [0.29, 0.717) is 25.4 Å². The third kappa shape index (κ3) is 5.02. The molecule has 2 heterocycles. The molecule has 2 aromatic rings. The maximum atomic E-state index is 13.6. The maximum Gasteiger partial charge on any atom is 0.254 e. The maximum absolute atomic E-state index is 13.6. The topological polar surface area (TPSA) is 53.1 Å². The summed E-state index contributed by atoms with van der Waals surface area (Å²) in [4.78, 5) is 30.0. The molecule has 2 aliphatic heterocycles. The molecule has 2 aromatic carbocycles. The van der Waals surface area contributed by atoms with Crippen molar-refractivity contribution in [1.29, 1.82) is 0 Å². The lowest BCUT2D eigenvalue weighted by Gasteiger charge is -2.34.